The van der Waals surface area contributed by atoms with Crippen LogP contribution in [0, 0.1) is 23.7 Å². The van der Waals surface area contributed by atoms with Gasteiger partial charge in [-0.15, -0.1) is 0 Å². The quantitative estimate of drug-likeness (QED) is 0.422. The second kappa shape index (κ2) is 5.45. The van der Waals surface area contributed by atoms with Crippen molar-refractivity contribution in [1.82, 2.24) is 0 Å². The Balaban J connectivity index is 2.52. The van der Waals surface area contributed by atoms with E-state index in [0.29, 0.717) is 5.76 Å². The van der Waals surface area contributed by atoms with E-state index >= 15 is 0 Å². The normalized spacial score (nSPS) is 16.1. The Morgan fingerprint density at radius 3 is 2.71 bits per heavy atom. The molecule has 0 aromatic carbocycles. The van der Waals surface area contributed by atoms with Gasteiger partial charge in [-0.3, -0.25) is 0 Å². The van der Waals surface area contributed by atoms with Gasteiger partial charge in [-0.1, -0.05) is 17.9 Å². The highest BCUT2D eigenvalue weighted by atomic mass is 16.5. The molecule has 0 aromatic heterocycles. The summed E-state index contributed by atoms with van der Waals surface area (Å²) in [5.74, 6) is 10.7. The van der Waals surface area contributed by atoms with Gasteiger partial charge in [0, 0.05) is 12.2 Å². The van der Waals surface area contributed by atoms with Crippen molar-refractivity contribution in [3.05, 3.63) is 36.1 Å². The van der Waals surface area contributed by atoms with Crippen LogP contribution >= 0.6 is 0 Å². The minimum atomic E-state index is -0.363. The van der Waals surface area contributed by atoms with E-state index in [4.69, 9.17) is 4.74 Å². The lowest BCUT2D eigenvalue weighted by Gasteiger charge is -1.88. The molecular formula is C12H8O2. The first-order valence-electron chi connectivity index (χ1n) is 4.05. The first-order valence-corrected chi connectivity index (χ1v) is 4.05. The Morgan fingerprint density at radius 2 is 2.07 bits per heavy atom. The Bertz CT molecular complexity index is 428. The summed E-state index contributed by atoms with van der Waals surface area (Å²) >= 11 is 0. The molecule has 68 valence electrons. The highest BCUT2D eigenvalue weighted by Gasteiger charge is 2.07. The van der Waals surface area contributed by atoms with Crippen molar-refractivity contribution in [2.24, 2.45) is 0 Å². The monoisotopic (exact) mass is 184 g/mol. The zero-order chi connectivity index (χ0) is 10.2. The van der Waals surface area contributed by atoms with E-state index in [0.717, 1.165) is 0 Å². The first-order chi connectivity index (χ1) is 6.83. The number of rotatable bonds is 0. The van der Waals surface area contributed by atoms with Crippen LogP contribution in [0.1, 0.15) is 6.92 Å². The summed E-state index contributed by atoms with van der Waals surface area (Å²) in [6.07, 6.45) is 7.95. The predicted octanol–water partition coefficient (Wildman–Crippen LogP) is 1.57. The lowest BCUT2D eigenvalue weighted by molar-refractivity contribution is -0.132. The molecule has 0 aliphatic carbocycles. The molecule has 1 rings (SSSR count). The van der Waals surface area contributed by atoms with Gasteiger partial charge in [0.05, 0.1) is 0 Å². The predicted molar refractivity (Wildman–Crippen MR) is 53.7 cm³/mol. The number of hydrogen-bond acceptors (Lipinski definition) is 2. The molecule has 0 atom stereocenters. The molecular weight excluding hydrogens is 176 g/mol. The number of esters is 1. The molecule has 0 aromatic rings. The maximum absolute atomic E-state index is 10.6. The molecule has 0 N–H and O–H groups in total. The van der Waals surface area contributed by atoms with Crippen LogP contribution in [-0.2, 0) is 9.53 Å². The molecule has 0 saturated heterocycles. The summed E-state index contributed by atoms with van der Waals surface area (Å²) in [7, 11) is 0. The standard InChI is InChI=1S/C12H8O2/c1-2-3-4-5-6-7-8-11-9-10-12(13)14-11/h2-3,8-10H,1H3/b3-2-,11-8+. The van der Waals surface area contributed by atoms with Crippen molar-refractivity contribution in [2.45, 2.75) is 6.92 Å². The second-order valence-electron chi connectivity index (χ2n) is 2.34. The number of ether oxygens (including phenoxy) is 1. The third kappa shape index (κ3) is 3.47. The number of carbonyl (C=O) groups is 1. The van der Waals surface area contributed by atoms with E-state index in [-0.39, 0.29) is 5.97 Å². The smallest absolute Gasteiger partial charge is 0.336 e. The van der Waals surface area contributed by atoms with Crippen LogP contribution in [0.25, 0.3) is 0 Å². The van der Waals surface area contributed by atoms with Crippen LogP contribution in [0.2, 0.25) is 0 Å². The molecule has 0 bridgehead atoms. The molecule has 2 heteroatoms. The highest BCUT2D eigenvalue weighted by molar-refractivity contribution is 5.86. The summed E-state index contributed by atoms with van der Waals surface area (Å²) in [4.78, 5) is 10.6. The molecule has 1 heterocycles. The number of allylic oxidation sites excluding steroid dienone is 4. The fourth-order valence-electron chi connectivity index (χ4n) is 0.716. The maximum atomic E-state index is 10.6. The third-order valence-corrected chi connectivity index (χ3v) is 1.27. The van der Waals surface area contributed by atoms with Gasteiger partial charge < -0.3 is 4.74 Å². The van der Waals surface area contributed by atoms with Gasteiger partial charge in [0.1, 0.15) is 5.76 Å². The molecule has 0 amide bonds. The van der Waals surface area contributed by atoms with Crippen LogP contribution in [0.15, 0.2) is 36.1 Å². The zero-order valence-corrected chi connectivity index (χ0v) is 7.70. The molecule has 2 nitrogen and oxygen atoms in total. The average Bonchev–Trinajstić information content (AvgIpc) is 2.58. The van der Waals surface area contributed by atoms with Crippen LogP contribution in [-0.4, -0.2) is 5.97 Å². The van der Waals surface area contributed by atoms with Gasteiger partial charge >= 0.3 is 5.97 Å². The number of hydrogen-bond donors (Lipinski definition) is 0. The van der Waals surface area contributed by atoms with Crippen molar-refractivity contribution >= 4 is 5.97 Å². The van der Waals surface area contributed by atoms with Crippen LogP contribution < -0.4 is 0 Å². The third-order valence-electron chi connectivity index (χ3n) is 1.27. The largest absolute Gasteiger partial charge is 0.423 e. The number of carbonyl (C=O) groups excluding carboxylic acids is 1. The van der Waals surface area contributed by atoms with Crippen molar-refractivity contribution in [3.63, 3.8) is 0 Å². The molecule has 0 saturated carbocycles. The molecule has 0 radical (unpaired) electrons. The maximum Gasteiger partial charge on any atom is 0.336 e. The van der Waals surface area contributed by atoms with E-state index in [9.17, 15) is 4.79 Å². The SMILES string of the molecule is C/C=C\C#CC#C/C=C1\C=CC(=O)O1. The van der Waals surface area contributed by atoms with Gasteiger partial charge in [-0.25, -0.2) is 4.79 Å². The summed E-state index contributed by atoms with van der Waals surface area (Å²) in [5.41, 5.74) is 0. The fraction of sp³-hybridized carbons (Fsp3) is 0.0833. The zero-order valence-electron chi connectivity index (χ0n) is 7.70. The lowest BCUT2D eigenvalue weighted by atomic mass is 10.4. The lowest BCUT2D eigenvalue weighted by Crippen LogP contribution is -1.89. The summed E-state index contributed by atoms with van der Waals surface area (Å²) in [5, 5.41) is 0. The molecule has 1 aliphatic rings. The van der Waals surface area contributed by atoms with Gasteiger partial charge in [-0.05, 0) is 30.9 Å². The van der Waals surface area contributed by atoms with E-state index < -0.39 is 0 Å². The van der Waals surface area contributed by atoms with E-state index in [1.165, 1.54) is 12.2 Å². The van der Waals surface area contributed by atoms with Crippen molar-refractivity contribution < 1.29 is 9.53 Å². The van der Waals surface area contributed by atoms with Crippen molar-refractivity contribution in [2.75, 3.05) is 0 Å². The topological polar surface area (TPSA) is 26.3 Å². The van der Waals surface area contributed by atoms with E-state index in [2.05, 4.69) is 23.7 Å². The molecule has 0 spiro atoms. The summed E-state index contributed by atoms with van der Waals surface area (Å²) < 4.78 is 4.74. The Morgan fingerprint density at radius 1 is 1.29 bits per heavy atom. The van der Waals surface area contributed by atoms with Crippen LogP contribution in [0.3, 0.4) is 0 Å². The van der Waals surface area contributed by atoms with Crippen LogP contribution in [0.5, 0.6) is 0 Å². The molecule has 0 fully saturated rings. The first kappa shape index (κ1) is 9.89. The number of cyclic esters (lactones) is 1. The Hall–Kier alpha value is -2.19. The van der Waals surface area contributed by atoms with Gasteiger partial charge in [0.2, 0.25) is 0 Å². The second-order valence-corrected chi connectivity index (χ2v) is 2.34. The Kier molecular flexibility index (Phi) is 3.86. The summed E-state index contributed by atoms with van der Waals surface area (Å²) in [6, 6.07) is 0. The van der Waals surface area contributed by atoms with E-state index in [1.807, 2.05) is 13.0 Å². The van der Waals surface area contributed by atoms with Gasteiger partial charge in [0.15, 0.2) is 0 Å². The van der Waals surface area contributed by atoms with E-state index in [1.54, 1.807) is 12.2 Å². The van der Waals surface area contributed by atoms with Crippen LogP contribution in [0.4, 0.5) is 0 Å². The van der Waals surface area contributed by atoms with Crippen molar-refractivity contribution in [1.29, 1.82) is 0 Å². The fourth-order valence-corrected chi connectivity index (χ4v) is 0.716. The molecule has 14 heavy (non-hydrogen) atoms. The summed E-state index contributed by atoms with van der Waals surface area (Å²) in [6.45, 7) is 1.88. The molecule has 0 unspecified atom stereocenters. The average molecular weight is 184 g/mol. The minimum Gasteiger partial charge on any atom is -0.423 e. The Labute approximate surface area is 83.0 Å². The van der Waals surface area contributed by atoms with Crippen molar-refractivity contribution in [3.8, 4) is 23.7 Å². The molecule has 1 aliphatic heterocycles. The van der Waals surface area contributed by atoms with Gasteiger partial charge in [-0.2, -0.15) is 0 Å². The highest BCUT2D eigenvalue weighted by Crippen LogP contribution is 2.07. The van der Waals surface area contributed by atoms with Gasteiger partial charge in [0.25, 0.3) is 0 Å². The minimum absolute atomic E-state index is 0.363.